The van der Waals surface area contributed by atoms with E-state index < -0.39 is 0 Å². The molecule has 4 nitrogen and oxygen atoms in total. The van der Waals surface area contributed by atoms with Crippen molar-refractivity contribution < 1.29 is 9.21 Å². The van der Waals surface area contributed by atoms with E-state index in [9.17, 15) is 4.79 Å². The third kappa shape index (κ3) is 2.50. The van der Waals surface area contributed by atoms with Crippen LogP contribution in [-0.4, -0.2) is 15.8 Å². The zero-order valence-electron chi connectivity index (χ0n) is 7.68. The molecule has 2 heterocycles. The molecule has 0 aromatic carbocycles. The first-order chi connectivity index (χ1) is 7.25. The number of hydrogen-bond donors (Lipinski definition) is 0. The summed E-state index contributed by atoms with van der Waals surface area (Å²) in [5, 5.41) is 0. The summed E-state index contributed by atoms with van der Waals surface area (Å²) < 4.78 is 5.64. The van der Waals surface area contributed by atoms with Crippen LogP contribution < -0.4 is 0 Å². The van der Waals surface area contributed by atoms with E-state index in [0.29, 0.717) is 4.67 Å². The molecule has 0 aliphatic carbocycles. The van der Waals surface area contributed by atoms with Gasteiger partial charge in [-0.15, -0.1) is 0 Å². The van der Waals surface area contributed by atoms with Crippen molar-refractivity contribution in [1.29, 1.82) is 0 Å². The fraction of sp³-hybridized carbons (Fsp3) is 0.100. The molecule has 0 aliphatic rings. The molecule has 0 fully saturated rings. The number of carbonyl (C=O) groups excluding carboxylic acids is 1. The van der Waals surface area contributed by atoms with E-state index in [4.69, 9.17) is 4.42 Å². The Morgan fingerprint density at radius 2 is 2.13 bits per heavy atom. The SMILES string of the molecule is O=C(Cc1coc(Br)c1)c1ncccn1. The van der Waals surface area contributed by atoms with Crippen LogP contribution in [0, 0.1) is 0 Å². The molecule has 0 saturated carbocycles. The summed E-state index contributed by atoms with van der Waals surface area (Å²) in [6.07, 6.45) is 4.88. The standard InChI is InChI=1S/C10H7BrN2O2/c11-9-5-7(6-15-9)4-8(14)10-12-2-1-3-13-10/h1-3,5-6H,4H2. The van der Waals surface area contributed by atoms with E-state index >= 15 is 0 Å². The fourth-order valence-electron chi connectivity index (χ4n) is 1.15. The van der Waals surface area contributed by atoms with Gasteiger partial charge in [-0.3, -0.25) is 4.79 Å². The van der Waals surface area contributed by atoms with E-state index in [2.05, 4.69) is 25.9 Å². The lowest BCUT2D eigenvalue weighted by atomic mass is 10.1. The molecule has 0 radical (unpaired) electrons. The van der Waals surface area contributed by atoms with Gasteiger partial charge in [0.15, 0.2) is 10.5 Å². The van der Waals surface area contributed by atoms with Gasteiger partial charge in [-0.1, -0.05) is 0 Å². The first-order valence-electron chi connectivity index (χ1n) is 4.29. The van der Waals surface area contributed by atoms with Gasteiger partial charge in [0.1, 0.15) is 0 Å². The van der Waals surface area contributed by atoms with Gasteiger partial charge in [0.25, 0.3) is 0 Å². The van der Waals surface area contributed by atoms with Gasteiger partial charge in [0, 0.05) is 18.8 Å². The Balaban J connectivity index is 2.11. The van der Waals surface area contributed by atoms with Crippen molar-refractivity contribution in [2.45, 2.75) is 6.42 Å². The van der Waals surface area contributed by atoms with Crippen molar-refractivity contribution in [2.24, 2.45) is 0 Å². The van der Waals surface area contributed by atoms with Crippen LogP contribution in [0.15, 0.2) is 39.9 Å². The van der Waals surface area contributed by atoms with Crippen molar-refractivity contribution in [3.8, 4) is 0 Å². The minimum atomic E-state index is -0.121. The summed E-state index contributed by atoms with van der Waals surface area (Å²) in [5.41, 5.74) is 0.805. The van der Waals surface area contributed by atoms with Crippen molar-refractivity contribution >= 4 is 21.7 Å². The van der Waals surface area contributed by atoms with E-state index in [0.717, 1.165) is 5.56 Å². The minimum Gasteiger partial charge on any atom is -0.457 e. The molecule has 0 saturated heterocycles. The second-order valence-electron chi connectivity index (χ2n) is 2.93. The Labute approximate surface area is 94.5 Å². The molecule has 0 unspecified atom stereocenters. The summed E-state index contributed by atoms with van der Waals surface area (Å²) in [4.78, 5) is 19.4. The maximum Gasteiger partial charge on any atom is 0.204 e. The highest BCUT2D eigenvalue weighted by atomic mass is 79.9. The van der Waals surface area contributed by atoms with Crippen molar-refractivity contribution in [1.82, 2.24) is 9.97 Å². The molecule has 76 valence electrons. The Bertz CT molecular complexity index is 467. The second-order valence-corrected chi connectivity index (χ2v) is 3.71. The van der Waals surface area contributed by atoms with Crippen LogP contribution in [0.4, 0.5) is 0 Å². The van der Waals surface area contributed by atoms with Gasteiger partial charge in [0.05, 0.1) is 6.26 Å². The van der Waals surface area contributed by atoms with E-state index in [1.807, 2.05) is 0 Å². The molecule has 0 aliphatic heterocycles. The lowest BCUT2D eigenvalue weighted by molar-refractivity contribution is 0.0983. The molecule has 2 rings (SSSR count). The van der Waals surface area contributed by atoms with Crippen LogP contribution in [0.1, 0.15) is 16.2 Å². The predicted molar refractivity (Wildman–Crippen MR) is 56.5 cm³/mol. The number of ketones is 1. The molecule has 2 aromatic rings. The highest BCUT2D eigenvalue weighted by molar-refractivity contribution is 9.10. The Hall–Kier alpha value is -1.49. The highest BCUT2D eigenvalue weighted by Gasteiger charge is 2.10. The van der Waals surface area contributed by atoms with Crippen molar-refractivity contribution in [3.05, 3.63) is 46.8 Å². The van der Waals surface area contributed by atoms with Gasteiger partial charge < -0.3 is 4.42 Å². The van der Waals surface area contributed by atoms with Crippen molar-refractivity contribution in [2.75, 3.05) is 0 Å². The second kappa shape index (κ2) is 4.35. The Morgan fingerprint density at radius 1 is 1.40 bits per heavy atom. The lowest BCUT2D eigenvalue weighted by Crippen LogP contribution is -2.07. The summed E-state index contributed by atoms with van der Waals surface area (Å²) >= 11 is 3.17. The number of halogens is 1. The maximum atomic E-state index is 11.6. The molecule has 2 aromatic heterocycles. The van der Waals surface area contributed by atoms with Gasteiger partial charge in [-0.25, -0.2) is 9.97 Å². The zero-order chi connectivity index (χ0) is 10.7. The van der Waals surface area contributed by atoms with Gasteiger partial charge >= 0.3 is 0 Å². The van der Waals surface area contributed by atoms with E-state index in [1.165, 1.54) is 6.26 Å². The molecule has 0 bridgehead atoms. The number of hydrogen-bond acceptors (Lipinski definition) is 4. The fourth-order valence-corrected chi connectivity index (χ4v) is 1.53. The molecular formula is C10H7BrN2O2. The van der Waals surface area contributed by atoms with E-state index in [1.54, 1.807) is 24.5 Å². The maximum absolute atomic E-state index is 11.6. The molecule has 0 spiro atoms. The minimum absolute atomic E-state index is 0.121. The van der Waals surface area contributed by atoms with E-state index in [-0.39, 0.29) is 18.0 Å². The van der Waals surface area contributed by atoms with Crippen LogP contribution in [-0.2, 0) is 6.42 Å². The highest BCUT2D eigenvalue weighted by Crippen LogP contribution is 2.15. The van der Waals surface area contributed by atoms with Crippen LogP contribution in [0.25, 0.3) is 0 Å². The lowest BCUT2D eigenvalue weighted by Gasteiger charge is -1.95. The summed E-state index contributed by atoms with van der Waals surface area (Å²) in [6.45, 7) is 0. The number of Topliss-reactive ketones (excluding diaryl/α,β-unsaturated/α-hetero) is 1. The number of nitrogens with zero attached hydrogens (tertiary/aromatic N) is 2. The number of rotatable bonds is 3. The summed E-state index contributed by atoms with van der Waals surface area (Å²) in [6, 6.07) is 3.42. The largest absolute Gasteiger partial charge is 0.457 e. The van der Waals surface area contributed by atoms with Crippen molar-refractivity contribution in [3.63, 3.8) is 0 Å². The van der Waals surface area contributed by atoms with Crippen LogP contribution in [0.3, 0.4) is 0 Å². The average Bonchev–Trinajstić information content (AvgIpc) is 2.65. The molecule has 0 amide bonds. The van der Waals surface area contributed by atoms with Gasteiger partial charge in [-0.05, 0) is 33.6 Å². The predicted octanol–water partition coefficient (Wildman–Crippen LogP) is 2.26. The number of aromatic nitrogens is 2. The molecule has 0 atom stereocenters. The zero-order valence-corrected chi connectivity index (χ0v) is 9.27. The molecular weight excluding hydrogens is 260 g/mol. The summed E-state index contributed by atoms with van der Waals surface area (Å²) in [7, 11) is 0. The molecule has 5 heteroatoms. The number of furan rings is 1. The third-order valence-electron chi connectivity index (χ3n) is 1.80. The van der Waals surface area contributed by atoms with Gasteiger partial charge in [-0.2, -0.15) is 0 Å². The first kappa shape index (κ1) is 10.0. The normalized spacial score (nSPS) is 10.2. The van der Waals surface area contributed by atoms with Crippen LogP contribution >= 0.6 is 15.9 Å². The average molecular weight is 267 g/mol. The molecule has 0 N–H and O–H groups in total. The monoisotopic (exact) mass is 266 g/mol. The van der Waals surface area contributed by atoms with Crippen LogP contribution in [0.2, 0.25) is 0 Å². The summed E-state index contributed by atoms with van der Waals surface area (Å²) in [5.74, 6) is 0.110. The Morgan fingerprint density at radius 3 is 2.73 bits per heavy atom. The topological polar surface area (TPSA) is 56.0 Å². The molecule has 15 heavy (non-hydrogen) atoms. The first-order valence-corrected chi connectivity index (χ1v) is 5.08. The Kier molecular flexibility index (Phi) is 2.91. The quantitative estimate of drug-likeness (QED) is 0.800. The number of carbonyl (C=O) groups is 1. The third-order valence-corrected chi connectivity index (χ3v) is 2.22. The smallest absolute Gasteiger partial charge is 0.204 e. The van der Waals surface area contributed by atoms with Crippen LogP contribution in [0.5, 0.6) is 0 Å². The van der Waals surface area contributed by atoms with Gasteiger partial charge in [0.2, 0.25) is 5.78 Å².